The summed E-state index contributed by atoms with van der Waals surface area (Å²) in [6, 6.07) is 5.03. The Kier molecular flexibility index (Phi) is 4.73. The van der Waals surface area contributed by atoms with Crippen molar-refractivity contribution < 1.29 is 4.79 Å². The molecule has 140 valence electrons. The average Bonchev–Trinajstić information content (AvgIpc) is 3.02. The summed E-state index contributed by atoms with van der Waals surface area (Å²) in [6.07, 6.45) is 4.23. The normalized spacial score (nSPS) is 25.2. The Morgan fingerprint density at radius 1 is 1.38 bits per heavy atom. The van der Waals surface area contributed by atoms with E-state index in [1.165, 1.54) is 26.5 Å². The van der Waals surface area contributed by atoms with E-state index in [2.05, 4.69) is 56.5 Å². The number of likely N-dealkylation sites (tertiary alicyclic amines) is 1. The number of piperidine rings is 1. The number of carbonyl (C=O) groups is 1. The van der Waals surface area contributed by atoms with Crippen molar-refractivity contribution in [1.29, 1.82) is 0 Å². The van der Waals surface area contributed by atoms with Crippen LogP contribution < -0.4 is 5.32 Å². The van der Waals surface area contributed by atoms with E-state index in [0.717, 1.165) is 32.5 Å². The second-order valence-electron chi connectivity index (χ2n) is 7.57. The third kappa shape index (κ3) is 2.83. The number of carbonyl (C=O) groups excluding carboxylic acids is 1. The van der Waals surface area contributed by atoms with E-state index in [4.69, 9.17) is 0 Å². The third-order valence-corrected chi connectivity index (χ3v) is 6.86. The average molecular weight is 419 g/mol. The van der Waals surface area contributed by atoms with Crippen molar-refractivity contribution in [3.8, 4) is 0 Å². The molecule has 2 N–H and O–H groups in total. The maximum absolute atomic E-state index is 12.5. The summed E-state index contributed by atoms with van der Waals surface area (Å²) < 4.78 is 1.18. The van der Waals surface area contributed by atoms with Crippen LogP contribution >= 0.6 is 15.9 Å². The highest BCUT2D eigenvalue weighted by atomic mass is 79.9. The molecule has 0 radical (unpaired) electrons. The van der Waals surface area contributed by atoms with Crippen LogP contribution in [-0.2, 0) is 6.42 Å². The molecule has 2 amide bonds. The highest BCUT2D eigenvalue weighted by molar-refractivity contribution is 9.10. The molecule has 2 heterocycles. The molecule has 2 aliphatic rings. The molecule has 1 saturated heterocycles. The Bertz CT molecular complexity index is 829. The predicted octanol–water partition coefficient (Wildman–Crippen LogP) is 3.69. The van der Waals surface area contributed by atoms with E-state index in [-0.39, 0.29) is 12.1 Å². The SMILES string of the molecule is CCN(CC)C(=O)N[C@H]1CC2c3c(Br)ccc4[nH]cc(c34)C[C@H]2N(C)C1. The largest absolute Gasteiger partial charge is 0.361 e. The number of aromatic amines is 1. The first-order valence-corrected chi connectivity index (χ1v) is 10.4. The quantitative estimate of drug-likeness (QED) is 0.798. The van der Waals surface area contributed by atoms with Gasteiger partial charge in [0.15, 0.2) is 0 Å². The molecule has 1 fully saturated rings. The third-order valence-electron chi connectivity index (χ3n) is 6.17. The van der Waals surface area contributed by atoms with Gasteiger partial charge in [-0.25, -0.2) is 4.79 Å². The van der Waals surface area contributed by atoms with Gasteiger partial charge in [0.05, 0.1) is 0 Å². The van der Waals surface area contributed by atoms with E-state index in [0.29, 0.717) is 12.0 Å². The molecule has 1 aromatic carbocycles. The van der Waals surface area contributed by atoms with Crippen LogP contribution in [0.4, 0.5) is 4.79 Å². The molecule has 1 unspecified atom stereocenters. The van der Waals surface area contributed by atoms with Gasteiger partial charge in [-0.15, -0.1) is 0 Å². The van der Waals surface area contributed by atoms with Gasteiger partial charge in [0.2, 0.25) is 0 Å². The van der Waals surface area contributed by atoms with E-state index in [1.54, 1.807) is 0 Å². The van der Waals surface area contributed by atoms with Gasteiger partial charge in [-0.2, -0.15) is 0 Å². The minimum atomic E-state index is 0.0577. The monoisotopic (exact) mass is 418 g/mol. The van der Waals surface area contributed by atoms with E-state index in [9.17, 15) is 4.79 Å². The fourth-order valence-electron chi connectivity index (χ4n) is 4.86. The number of nitrogens with zero attached hydrogens (tertiary/aromatic N) is 2. The standard InChI is InChI=1S/C20H27BrN4O/c1-4-25(5-2)20(26)23-13-9-14-17(24(3)11-13)8-12-10-22-16-7-6-15(21)19(14)18(12)16/h6-7,10,13-14,17,22H,4-5,8-9,11H2,1-3H3,(H,23,26)/t13-,14?,17+/m0/s1. The lowest BCUT2D eigenvalue weighted by molar-refractivity contribution is 0.123. The molecule has 6 heteroatoms. The molecule has 0 bridgehead atoms. The molecule has 3 atom stereocenters. The molecule has 26 heavy (non-hydrogen) atoms. The minimum absolute atomic E-state index is 0.0577. The lowest BCUT2D eigenvalue weighted by Gasteiger charge is -2.46. The first-order chi connectivity index (χ1) is 12.5. The summed E-state index contributed by atoms with van der Waals surface area (Å²) in [5, 5.41) is 4.66. The fourth-order valence-corrected chi connectivity index (χ4v) is 5.49. The summed E-state index contributed by atoms with van der Waals surface area (Å²) in [4.78, 5) is 20.3. The van der Waals surface area contributed by atoms with Crippen molar-refractivity contribution in [2.75, 3.05) is 26.7 Å². The maximum Gasteiger partial charge on any atom is 0.317 e. The first kappa shape index (κ1) is 17.9. The number of aromatic nitrogens is 1. The van der Waals surface area contributed by atoms with Gasteiger partial charge in [-0.3, -0.25) is 0 Å². The number of benzene rings is 1. The topological polar surface area (TPSA) is 51.4 Å². The second kappa shape index (κ2) is 6.89. The molecule has 0 saturated carbocycles. The van der Waals surface area contributed by atoms with Crippen LogP contribution in [0.3, 0.4) is 0 Å². The van der Waals surface area contributed by atoms with Crippen molar-refractivity contribution in [2.45, 2.75) is 44.7 Å². The molecule has 1 aliphatic heterocycles. The molecule has 5 nitrogen and oxygen atoms in total. The smallest absolute Gasteiger partial charge is 0.317 e. The number of hydrogen-bond acceptors (Lipinski definition) is 2. The number of hydrogen-bond donors (Lipinski definition) is 2. The zero-order valence-corrected chi connectivity index (χ0v) is 17.3. The van der Waals surface area contributed by atoms with Crippen LogP contribution in [0.25, 0.3) is 10.9 Å². The summed E-state index contributed by atoms with van der Waals surface area (Å²) in [7, 11) is 2.19. The van der Waals surface area contributed by atoms with Gasteiger partial charge in [-0.1, -0.05) is 15.9 Å². The first-order valence-electron chi connectivity index (χ1n) is 9.57. The molecule has 2 aromatic rings. The lowest BCUT2D eigenvalue weighted by atomic mass is 9.74. The Labute approximate surface area is 163 Å². The van der Waals surface area contributed by atoms with Gasteiger partial charge >= 0.3 is 6.03 Å². The summed E-state index contributed by atoms with van der Waals surface area (Å²) in [5.74, 6) is 0.428. The summed E-state index contributed by atoms with van der Waals surface area (Å²) in [6.45, 7) is 6.45. The predicted molar refractivity (Wildman–Crippen MR) is 109 cm³/mol. The highest BCUT2D eigenvalue weighted by Crippen LogP contribution is 2.46. The molecule has 0 spiro atoms. The maximum atomic E-state index is 12.5. The molecule has 1 aromatic heterocycles. The number of halogens is 1. The molecular weight excluding hydrogens is 392 g/mol. The number of fused-ring (bicyclic) bond motifs is 2. The van der Waals surface area contributed by atoms with Crippen LogP contribution in [0.2, 0.25) is 0 Å². The lowest BCUT2D eigenvalue weighted by Crippen LogP contribution is -2.56. The van der Waals surface area contributed by atoms with Gasteiger partial charge in [0.25, 0.3) is 0 Å². The number of rotatable bonds is 3. The molecule has 1 aliphatic carbocycles. The Hall–Kier alpha value is -1.53. The number of urea groups is 1. The fraction of sp³-hybridized carbons (Fsp3) is 0.550. The van der Waals surface area contributed by atoms with Crippen molar-refractivity contribution in [3.63, 3.8) is 0 Å². The van der Waals surface area contributed by atoms with Crippen LogP contribution in [0.15, 0.2) is 22.8 Å². The number of amides is 2. The molecule has 4 rings (SSSR count). The second-order valence-corrected chi connectivity index (χ2v) is 8.42. The minimum Gasteiger partial charge on any atom is -0.361 e. The Morgan fingerprint density at radius 3 is 2.88 bits per heavy atom. The van der Waals surface area contributed by atoms with Gasteiger partial charge < -0.3 is 20.1 Å². The zero-order valence-electron chi connectivity index (χ0n) is 15.7. The van der Waals surface area contributed by atoms with E-state index < -0.39 is 0 Å². The highest BCUT2D eigenvalue weighted by Gasteiger charge is 2.40. The van der Waals surface area contributed by atoms with Crippen LogP contribution in [0.5, 0.6) is 0 Å². The zero-order chi connectivity index (χ0) is 18.4. The van der Waals surface area contributed by atoms with Gasteiger partial charge in [0, 0.05) is 59.2 Å². The van der Waals surface area contributed by atoms with Crippen molar-refractivity contribution in [2.24, 2.45) is 0 Å². The van der Waals surface area contributed by atoms with Crippen LogP contribution in [-0.4, -0.2) is 59.6 Å². The van der Waals surface area contributed by atoms with E-state index >= 15 is 0 Å². The van der Waals surface area contributed by atoms with Crippen LogP contribution in [0.1, 0.15) is 37.3 Å². The molecular formula is C20H27BrN4O. The number of likely N-dealkylation sites (N-methyl/N-ethyl adjacent to an activating group) is 1. The Balaban J connectivity index is 1.64. The van der Waals surface area contributed by atoms with Gasteiger partial charge in [0.1, 0.15) is 0 Å². The Morgan fingerprint density at radius 2 is 2.15 bits per heavy atom. The van der Waals surface area contributed by atoms with Gasteiger partial charge in [-0.05, 0) is 57.0 Å². The van der Waals surface area contributed by atoms with Crippen LogP contribution in [0, 0.1) is 0 Å². The van der Waals surface area contributed by atoms with Crippen molar-refractivity contribution >= 4 is 32.9 Å². The number of nitrogens with one attached hydrogen (secondary N) is 2. The summed E-state index contributed by atoms with van der Waals surface area (Å²) in [5.41, 5.74) is 4.03. The number of H-pyrrole nitrogens is 1. The van der Waals surface area contributed by atoms with E-state index in [1.807, 2.05) is 18.7 Å². The summed E-state index contributed by atoms with van der Waals surface area (Å²) >= 11 is 3.80. The van der Waals surface area contributed by atoms with Crippen molar-refractivity contribution in [3.05, 3.63) is 33.9 Å². The van der Waals surface area contributed by atoms with Crippen molar-refractivity contribution in [1.82, 2.24) is 20.1 Å².